The minimum atomic E-state index is 0. The van der Waals surface area contributed by atoms with Crippen molar-refractivity contribution >= 4 is 42.1 Å². The average Bonchev–Trinajstić information content (AvgIpc) is 3.24. The first-order chi connectivity index (χ1) is 11.3. The Morgan fingerprint density at radius 3 is 2.68 bits per heavy atom. The number of halogens is 2. The molecule has 7 nitrogen and oxygen atoms in total. The molecule has 1 amide bonds. The first-order valence-corrected chi connectivity index (χ1v) is 8.71. The Hall–Kier alpha value is -1.19. The molecule has 1 aliphatic heterocycles. The van der Waals surface area contributed by atoms with Crippen molar-refractivity contribution in [2.24, 2.45) is 5.73 Å². The maximum Gasteiger partial charge on any atom is 0.241 e. The third-order valence-electron chi connectivity index (χ3n) is 3.89. The molecule has 3 heterocycles. The first kappa shape index (κ1) is 21.9. The topological polar surface area (TPSA) is 88.5 Å². The van der Waals surface area contributed by atoms with Crippen molar-refractivity contribution in [3.63, 3.8) is 0 Å². The van der Waals surface area contributed by atoms with Gasteiger partial charge in [0.25, 0.3) is 0 Å². The van der Waals surface area contributed by atoms with Crippen molar-refractivity contribution < 1.29 is 9.32 Å². The van der Waals surface area contributed by atoms with Crippen LogP contribution in [0.1, 0.15) is 18.7 Å². The monoisotopic (exact) mass is 407 g/mol. The maximum absolute atomic E-state index is 12.0. The van der Waals surface area contributed by atoms with Crippen LogP contribution in [0.5, 0.6) is 0 Å². The van der Waals surface area contributed by atoms with E-state index in [-0.39, 0.29) is 30.7 Å². The normalized spacial score (nSPS) is 14.7. The minimum Gasteiger partial charge on any atom is -0.340 e. The molecule has 1 saturated heterocycles. The molecule has 0 spiro atoms. The lowest BCUT2D eigenvalue weighted by Gasteiger charge is -2.34. The smallest absolute Gasteiger partial charge is 0.241 e. The van der Waals surface area contributed by atoms with E-state index in [2.05, 4.69) is 15.0 Å². The first-order valence-electron chi connectivity index (χ1n) is 7.83. The van der Waals surface area contributed by atoms with Gasteiger partial charge in [-0.1, -0.05) is 11.2 Å². The van der Waals surface area contributed by atoms with Crippen LogP contribution in [0.25, 0.3) is 10.7 Å². The molecule has 0 aliphatic carbocycles. The fourth-order valence-electron chi connectivity index (χ4n) is 2.58. The number of nitrogens with zero attached hydrogens (tertiary/aromatic N) is 4. The zero-order valence-electron chi connectivity index (χ0n) is 13.8. The summed E-state index contributed by atoms with van der Waals surface area (Å²) >= 11 is 1.59. The fourth-order valence-corrected chi connectivity index (χ4v) is 3.23. The van der Waals surface area contributed by atoms with Crippen LogP contribution in [0.15, 0.2) is 22.0 Å². The molecule has 3 rings (SSSR count). The third-order valence-corrected chi connectivity index (χ3v) is 4.75. The van der Waals surface area contributed by atoms with Crippen LogP contribution in [0, 0.1) is 0 Å². The molecule has 2 aromatic heterocycles. The molecular formula is C15H23Cl2N5O2S. The summed E-state index contributed by atoms with van der Waals surface area (Å²) in [5.41, 5.74) is 5.45. The Balaban J connectivity index is 0.00000156. The van der Waals surface area contributed by atoms with Crippen LogP contribution < -0.4 is 5.73 Å². The van der Waals surface area contributed by atoms with E-state index >= 15 is 0 Å². The van der Waals surface area contributed by atoms with E-state index in [1.54, 1.807) is 11.3 Å². The van der Waals surface area contributed by atoms with Crippen LogP contribution in [-0.2, 0) is 11.3 Å². The largest absolute Gasteiger partial charge is 0.340 e. The highest BCUT2D eigenvalue weighted by Crippen LogP contribution is 2.21. The molecule has 10 heteroatoms. The van der Waals surface area contributed by atoms with Crippen LogP contribution in [0.3, 0.4) is 0 Å². The van der Waals surface area contributed by atoms with E-state index < -0.39 is 0 Å². The van der Waals surface area contributed by atoms with Crippen LogP contribution in [-0.4, -0.2) is 58.6 Å². The highest BCUT2D eigenvalue weighted by molar-refractivity contribution is 7.13. The number of carbonyl (C=O) groups excluding carboxylic acids is 1. The molecule has 0 unspecified atom stereocenters. The second kappa shape index (κ2) is 10.7. The Labute approximate surface area is 163 Å². The molecule has 140 valence electrons. The summed E-state index contributed by atoms with van der Waals surface area (Å²) in [6, 6.07) is 3.95. The van der Waals surface area contributed by atoms with E-state index in [1.807, 2.05) is 22.4 Å². The summed E-state index contributed by atoms with van der Waals surface area (Å²) in [6.07, 6.45) is 1.30. The Morgan fingerprint density at radius 2 is 2.04 bits per heavy atom. The number of nitrogens with two attached hydrogens (primary N) is 1. The second-order valence-electron chi connectivity index (χ2n) is 5.54. The van der Waals surface area contributed by atoms with Gasteiger partial charge in [0.05, 0.1) is 11.4 Å². The number of carbonyl (C=O) groups is 1. The zero-order chi connectivity index (χ0) is 16.1. The SMILES string of the molecule is Cl.Cl.NCCCC(=O)N1CCN(Cc2nc(-c3cccs3)no2)CC1. The highest BCUT2D eigenvalue weighted by atomic mass is 35.5. The Bertz CT molecular complexity index is 630. The number of amides is 1. The summed E-state index contributed by atoms with van der Waals surface area (Å²) in [4.78, 5) is 21.6. The summed E-state index contributed by atoms with van der Waals surface area (Å²) in [6.45, 7) is 4.33. The van der Waals surface area contributed by atoms with Gasteiger partial charge >= 0.3 is 0 Å². The Kier molecular flexibility index (Phi) is 9.37. The van der Waals surface area contributed by atoms with Gasteiger partial charge in [-0.15, -0.1) is 36.2 Å². The van der Waals surface area contributed by atoms with E-state index in [1.165, 1.54) is 0 Å². The quantitative estimate of drug-likeness (QED) is 0.787. The van der Waals surface area contributed by atoms with E-state index in [0.717, 1.165) is 37.5 Å². The van der Waals surface area contributed by atoms with Gasteiger partial charge in [0.1, 0.15) is 0 Å². The molecule has 0 atom stereocenters. The molecule has 0 bridgehead atoms. The molecule has 2 aromatic rings. The molecule has 1 fully saturated rings. The molecule has 25 heavy (non-hydrogen) atoms. The van der Waals surface area contributed by atoms with E-state index in [0.29, 0.717) is 31.2 Å². The minimum absolute atomic E-state index is 0. The van der Waals surface area contributed by atoms with Crippen molar-refractivity contribution in [1.82, 2.24) is 19.9 Å². The predicted octanol–water partition coefficient (Wildman–Crippen LogP) is 2.02. The van der Waals surface area contributed by atoms with Crippen molar-refractivity contribution in [3.8, 4) is 10.7 Å². The van der Waals surface area contributed by atoms with Gasteiger partial charge in [-0.3, -0.25) is 9.69 Å². The lowest BCUT2D eigenvalue weighted by molar-refractivity contribution is -0.133. The van der Waals surface area contributed by atoms with Crippen molar-refractivity contribution in [2.75, 3.05) is 32.7 Å². The van der Waals surface area contributed by atoms with Crippen LogP contribution in [0.4, 0.5) is 0 Å². The predicted molar refractivity (Wildman–Crippen MR) is 102 cm³/mol. The maximum atomic E-state index is 12.0. The second-order valence-corrected chi connectivity index (χ2v) is 6.49. The molecule has 1 aliphatic rings. The van der Waals surface area contributed by atoms with Crippen molar-refractivity contribution in [1.29, 1.82) is 0 Å². The van der Waals surface area contributed by atoms with Gasteiger partial charge in [-0.25, -0.2) is 0 Å². The lowest BCUT2D eigenvalue weighted by atomic mass is 10.2. The molecule has 2 N–H and O–H groups in total. The summed E-state index contributed by atoms with van der Waals surface area (Å²) < 4.78 is 5.33. The van der Waals surface area contributed by atoms with Gasteiger partial charge < -0.3 is 15.2 Å². The summed E-state index contributed by atoms with van der Waals surface area (Å²) in [5, 5.41) is 6.01. The number of thiophene rings is 1. The van der Waals surface area contributed by atoms with Crippen LogP contribution in [0.2, 0.25) is 0 Å². The van der Waals surface area contributed by atoms with Gasteiger partial charge in [0.15, 0.2) is 0 Å². The molecule has 0 aromatic carbocycles. The summed E-state index contributed by atoms with van der Waals surface area (Å²) in [7, 11) is 0. The highest BCUT2D eigenvalue weighted by Gasteiger charge is 2.22. The molecule has 0 saturated carbocycles. The zero-order valence-corrected chi connectivity index (χ0v) is 16.2. The van der Waals surface area contributed by atoms with Crippen molar-refractivity contribution in [3.05, 3.63) is 23.4 Å². The number of piperazine rings is 1. The standard InChI is InChI=1S/C15H21N5O2S.2ClH/c16-5-1-4-14(21)20-8-6-19(7-9-20)11-13-17-15(18-22-13)12-3-2-10-23-12;;/h2-3,10H,1,4-9,11,16H2;2*1H. The fraction of sp³-hybridized carbons (Fsp3) is 0.533. The van der Waals surface area contributed by atoms with Gasteiger partial charge in [0, 0.05) is 32.6 Å². The van der Waals surface area contributed by atoms with Crippen molar-refractivity contribution in [2.45, 2.75) is 19.4 Å². The number of hydrogen-bond acceptors (Lipinski definition) is 7. The lowest BCUT2D eigenvalue weighted by Crippen LogP contribution is -2.48. The molecular weight excluding hydrogens is 385 g/mol. The number of aromatic nitrogens is 2. The van der Waals surface area contributed by atoms with E-state index in [4.69, 9.17) is 10.3 Å². The number of hydrogen-bond donors (Lipinski definition) is 1. The Morgan fingerprint density at radius 1 is 1.28 bits per heavy atom. The van der Waals surface area contributed by atoms with Crippen LogP contribution >= 0.6 is 36.2 Å². The average molecular weight is 408 g/mol. The summed E-state index contributed by atoms with van der Waals surface area (Å²) in [5.74, 6) is 1.47. The van der Waals surface area contributed by atoms with Gasteiger partial charge in [0.2, 0.25) is 17.6 Å². The molecule has 0 radical (unpaired) electrons. The third kappa shape index (κ3) is 5.93. The number of rotatable bonds is 6. The van der Waals surface area contributed by atoms with Gasteiger partial charge in [-0.05, 0) is 24.4 Å². The van der Waals surface area contributed by atoms with E-state index in [9.17, 15) is 4.79 Å². The van der Waals surface area contributed by atoms with Gasteiger partial charge in [-0.2, -0.15) is 4.98 Å².